The summed E-state index contributed by atoms with van der Waals surface area (Å²) >= 11 is 0. The Hall–Kier alpha value is -2.56. The highest BCUT2D eigenvalue weighted by Crippen LogP contribution is 2.57. The highest BCUT2D eigenvalue weighted by Gasteiger charge is 2.60. The molecule has 0 bridgehead atoms. The first-order valence-corrected chi connectivity index (χ1v) is 9.44. The molecule has 0 aromatic rings. The lowest BCUT2D eigenvalue weighted by Gasteiger charge is -2.52. The van der Waals surface area contributed by atoms with Gasteiger partial charge in [0.2, 0.25) is 0 Å². The zero-order chi connectivity index (χ0) is 24.0. The minimum absolute atomic E-state index is 0.101. The molecule has 0 aliphatic heterocycles. The smallest absolute Gasteiger partial charge is 0.301 e. The molecule has 0 rings (SSSR count). The van der Waals surface area contributed by atoms with Gasteiger partial charge in [-0.15, -0.1) is 0 Å². The van der Waals surface area contributed by atoms with Gasteiger partial charge in [-0.3, -0.25) is 0 Å². The minimum atomic E-state index is -1.55. The van der Waals surface area contributed by atoms with Crippen LogP contribution in [0.15, 0.2) is 10.2 Å². The number of carbonyl (C=O) groups excluding carboxylic acids is 2. The van der Waals surface area contributed by atoms with E-state index in [1.165, 1.54) is 13.8 Å². The minimum Gasteiger partial charge on any atom is -0.301 e. The average Bonchev–Trinajstić information content (AvgIpc) is 2.66. The predicted molar refractivity (Wildman–Crippen MR) is 106 cm³/mol. The van der Waals surface area contributed by atoms with E-state index in [9.17, 15) is 25.4 Å². The fraction of sp³-hybridized carbons (Fsp3) is 0.800. The molecule has 30 heavy (non-hydrogen) atoms. The molecule has 0 aliphatic carbocycles. The number of hydrogen-bond acceptors (Lipinski definition) is 10. The Kier molecular flexibility index (Phi) is 8.69. The third-order valence-electron chi connectivity index (χ3n) is 5.49. The van der Waals surface area contributed by atoms with Crippen LogP contribution < -0.4 is 0 Å². The predicted octanol–water partition coefficient (Wildman–Crippen LogP) is 4.28. The van der Waals surface area contributed by atoms with Crippen LogP contribution in [0.1, 0.15) is 74.7 Å². The molecule has 0 radical (unpaired) electrons. The van der Waals surface area contributed by atoms with Crippen molar-refractivity contribution in [1.82, 2.24) is 0 Å². The maximum absolute atomic E-state index is 12.8. The summed E-state index contributed by atoms with van der Waals surface area (Å²) in [7, 11) is 0. The van der Waals surface area contributed by atoms with Crippen LogP contribution >= 0.6 is 0 Å². The summed E-state index contributed by atoms with van der Waals surface area (Å²) in [5.74, 6) is -1.83. The van der Waals surface area contributed by atoms with Crippen LogP contribution in [0.2, 0.25) is 0 Å². The fourth-order valence-electron chi connectivity index (χ4n) is 3.77. The lowest BCUT2D eigenvalue weighted by molar-refractivity contribution is -0.260. The summed E-state index contributed by atoms with van der Waals surface area (Å²) in [5, 5.41) is 45.0. The molecule has 2 atom stereocenters. The zero-order valence-electron chi connectivity index (χ0n) is 18.9. The summed E-state index contributed by atoms with van der Waals surface area (Å²) < 4.78 is 0. The number of azo groups is 1. The van der Waals surface area contributed by atoms with Crippen molar-refractivity contribution in [1.29, 1.82) is 10.5 Å². The maximum Gasteiger partial charge on any atom is 0.349 e. The summed E-state index contributed by atoms with van der Waals surface area (Å²) in [5.41, 5.74) is -5.85. The quantitative estimate of drug-likeness (QED) is 0.331. The number of hydrogen-bond donors (Lipinski definition) is 2. The van der Waals surface area contributed by atoms with Crippen molar-refractivity contribution in [3.8, 4) is 12.1 Å². The van der Waals surface area contributed by atoms with E-state index in [0.29, 0.717) is 0 Å². The Labute approximate surface area is 177 Å². The Morgan fingerprint density at radius 1 is 0.833 bits per heavy atom. The van der Waals surface area contributed by atoms with E-state index in [1.54, 1.807) is 41.5 Å². The SMILES string of the molecule is CC(C#N)(CCC(=O)OO)N=NC(C)(C#N)CC(C(=O)OO)(C(C)(C)C)C(C)(C)C. The fourth-order valence-corrected chi connectivity index (χ4v) is 3.77. The van der Waals surface area contributed by atoms with Gasteiger partial charge in [0.05, 0.1) is 24.0 Å². The van der Waals surface area contributed by atoms with Gasteiger partial charge in [-0.05, 0) is 31.1 Å². The highest BCUT2D eigenvalue weighted by molar-refractivity contribution is 5.78. The topological polar surface area (TPSA) is 165 Å². The first-order chi connectivity index (χ1) is 13.5. The number of nitriles is 2. The van der Waals surface area contributed by atoms with E-state index in [4.69, 9.17) is 5.26 Å². The van der Waals surface area contributed by atoms with Crippen LogP contribution in [0.3, 0.4) is 0 Å². The van der Waals surface area contributed by atoms with Crippen molar-refractivity contribution in [2.45, 2.75) is 85.7 Å². The van der Waals surface area contributed by atoms with Crippen LogP contribution in [-0.4, -0.2) is 33.5 Å². The third-order valence-corrected chi connectivity index (χ3v) is 5.49. The molecule has 10 heteroatoms. The number of nitrogens with zero attached hydrogens (tertiary/aromatic N) is 4. The molecule has 0 spiro atoms. The standard InChI is InChI=1S/C20H32N4O6/c1-16(2,3)20(15(26)30-28,17(4,5)6)11-19(8,13-22)24-23-18(7,12-21)10-9-14(25)29-27/h27-28H,9-11H2,1-8H3. The van der Waals surface area contributed by atoms with Gasteiger partial charge in [-0.25, -0.2) is 9.59 Å². The van der Waals surface area contributed by atoms with Crippen molar-refractivity contribution >= 4 is 11.9 Å². The van der Waals surface area contributed by atoms with E-state index < -0.39 is 39.3 Å². The molecule has 0 aromatic heterocycles. The van der Waals surface area contributed by atoms with Crippen LogP contribution in [0, 0.1) is 38.9 Å². The first kappa shape index (κ1) is 27.4. The normalized spacial score (nSPS) is 16.7. The van der Waals surface area contributed by atoms with Crippen LogP contribution in [-0.2, 0) is 19.4 Å². The molecule has 168 valence electrons. The molecule has 0 fully saturated rings. The van der Waals surface area contributed by atoms with Gasteiger partial charge in [0, 0.05) is 6.42 Å². The van der Waals surface area contributed by atoms with Gasteiger partial charge < -0.3 is 9.78 Å². The Morgan fingerprint density at radius 2 is 1.27 bits per heavy atom. The summed E-state index contributed by atoms with van der Waals surface area (Å²) in [4.78, 5) is 31.7. The Bertz CT molecular complexity index is 739. The largest absolute Gasteiger partial charge is 0.349 e. The van der Waals surface area contributed by atoms with Gasteiger partial charge in [0.25, 0.3) is 0 Å². The van der Waals surface area contributed by atoms with E-state index in [0.717, 1.165) is 0 Å². The molecular formula is C20H32N4O6. The van der Waals surface area contributed by atoms with Gasteiger partial charge in [-0.1, -0.05) is 41.5 Å². The molecule has 2 unspecified atom stereocenters. The van der Waals surface area contributed by atoms with Crippen LogP contribution in [0.25, 0.3) is 0 Å². The Balaban J connectivity index is 6.28. The zero-order valence-corrected chi connectivity index (χ0v) is 18.9. The molecule has 0 aliphatic rings. The van der Waals surface area contributed by atoms with E-state index >= 15 is 0 Å². The third kappa shape index (κ3) is 5.97. The molecule has 0 saturated heterocycles. The van der Waals surface area contributed by atoms with Gasteiger partial charge >= 0.3 is 11.9 Å². The van der Waals surface area contributed by atoms with E-state index in [-0.39, 0.29) is 19.3 Å². The lowest BCUT2D eigenvalue weighted by Crippen LogP contribution is -2.56. The van der Waals surface area contributed by atoms with Crippen molar-refractivity contribution < 1.29 is 29.9 Å². The van der Waals surface area contributed by atoms with E-state index in [1.807, 2.05) is 12.1 Å². The van der Waals surface area contributed by atoms with Crippen molar-refractivity contribution in [3.05, 3.63) is 0 Å². The molecule has 10 nitrogen and oxygen atoms in total. The van der Waals surface area contributed by atoms with Crippen molar-refractivity contribution in [2.75, 3.05) is 0 Å². The monoisotopic (exact) mass is 424 g/mol. The number of rotatable bonds is 8. The van der Waals surface area contributed by atoms with Gasteiger partial charge in [-0.2, -0.15) is 31.3 Å². The van der Waals surface area contributed by atoms with Gasteiger partial charge in [0.1, 0.15) is 0 Å². The Morgan fingerprint density at radius 3 is 1.60 bits per heavy atom. The second-order valence-corrected chi connectivity index (χ2v) is 9.90. The van der Waals surface area contributed by atoms with Crippen molar-refractivity contribution in [2.24, 2.45) is 26.5 Å². The highest BCUT2D eigenvalue weighted by atomic mass is 17.1. The molecule has 0 heterocycles. The molecule has 0 aromatic carbocycles. The second-order valence-electron chi connectivity index (χ2n) is 9.90. The van der Waals surface area contributed by atoms with Gasteiger partial charge in [0.15, 0.2) is 11.1 Å². The van der Waals surface area contributed by atoms with E-state index in [2.05, 4.69) is 20.0 Å². The molecule has 0 amide bonds. The second kappa shape index (κ2) is 9.50. The van der Waals surface area contributed by atoms with Crippen LogP contribution in [0.5, 0.6) is 0 Å². The van der Waals surface area contributed by atoms with Crippen LogP contribution in [0.4, 0.5) is 0 Å². The molecule has 0 saturated carbocycles. The molecule has 2 N–H and O–H groups in total. The lowest BCUT2D eigenvalue weighted by atomic mass is 9.50. The van der Waals surface area contributed by atoms with Crippen molar-refractivity contribution in [3.63, 3.8) is 0 Å². The summed E-state index contributed by atoms with van der Waals surface area (Å²) in [6.45, 7) is 13.7. The number of carbonyl (C=O) groups is 2. The maximum atomic E-state index is 12.8. The summed E-state index contributed by atoms with van der Waals surface area (Å²) in [6.07, 6.45) is -0.531. The molecular weight excluding hydrogens is 392 g/mol. The summed E-state index contributed by atoms with van der Waals surface area (Å²) in [6, 6.07) is 3.96. The first-order valence-electron chi connectivity index (χ1n) is 9.44. The average molecular weight is 424 g/mol.